The first-order valence-corrected chi connectivity index (χ1v) is 14.1. The summed E-state index contributed by atoms with van der Waals surface area (Å²) in [5, 5.41) is 9.74. The second-order valence-electron chi connectivity index (χ2n) is 12.5. The largest absolute Gasteiger partial charge is 0.497 e. The molecule has 0 radical (unpaired) electrons. The van der Waals surface area contributed by atoms with Gasteiger partial charge in [-0.15, -0.1) is 0 Å². The van der Waals surface area contributed by atoms with Gasteiger partial charge in [0, 0.05) is 11.0 Å². The molecule has 39 heavy (non-hydrogen) atoms. The van der Waals surface area contributed by atoms with Crippen molar-refractivity contribution in [3.8, 4) is 22.6 Å². The number of ether oxygens (including phenoxy) is 2. The van der Waals surface area contributed by atoms with Crippen LogP contribution in [0.25, 0.3) is 11.1 Å². The molecular formula is C34H37FO4. The van der Waals surface area contributed by atoms with Crippen molar-refractivity contribution >= 4 is 5.97 Å². The Hall–Kier alpha value is -3.34. The maximum absolute atomic E-state index is 15.1. The third kappa shape index (κ3) is 4.21. The van der Waals surface area contributed by atoms with Crippen molar-refractivity contribution in [2.24, 2.45) is 17.3 Å². The average molecular weight is 529 g/mol. The number of benzene rings is 3. The molecular weight excluding hydrogens is 491 g/mol. The van der Waals surface area contributed by atoms with Crippen molar-refractivity contribution in [2.75, 3.05) is 7.11 Å². The summed E-state index contributed by atoms with van der Waals surface area (Å²) in [6.07, 6.45) is 5.20. The standard InChI is InChI=1S/C34H37FO4/c1-20-31(32(36)37)34(20)15-13-22-8-9-24(18-29(22)34)39-19-21-7-11-25(27-17-23(38-4)10-12-30(27)35)26(16-21)28-6-5-14-33(28,2)3/h7-12,16-18,20,28,31H,5-6,13-15,19H2,1-4H3,(H,36,37)/t20-,28-,31+,34-/m0/s1. The van der Waals surface area contributed by atoms with Gasteiger partial charge in [0.15, 0.2) is 0 Å². The van der Waals surface area contributed by atoms with Crippen LogP contribution < -0.4 is 9.47 Å². The zero-order chi connectivity index (χ0) is 27.5. The monoisotopic (exact) mass is 528 g/mol. The highest BCUT2D eigenvalue weighted by molar-refractivity contribution is 5.79. The lowest BCUT2D eigenvalue weighted by molar-refractivity contribution is -0.139. The third-order valence-electron chi connectivity index (χ3n) is 10.0. The van der Waals surface area contributed by atoms with Crippen LogP contribution in [0.15, 0.2) is 54.6 Å². The Morgan fingerprint density at radius 3 is 2.51 bits per heavy atom. The molecule has 0 bridgehead atoms. The lowest BCUT2D eigenvalue weighted by atomic mass is 9.75. The SMILES string of the molecule is COc1ccc(F)c(-c2ccc(COc3ccc4c(c3)[C@]3(CC4)[C@@H](C)[C@@H]3C(=O)O)cc2[C@@H]2CCCC2(C)C)c1. The van der Waals surface area contributed by atoms with Gasteiger partial charge in [-0.3, -0.25) is 4.79 Å². The lowest BCUT2D eigenvalue weighted by Crippen LogP contribution is -2.17. The van der Waals surface area contributed by atoms with Crippen molar-refractivity contribution in [1.82, 2.24) is 0 Å². The predicted octanol–water partition coefficient (Wildman–Crippen LogP) is 7.91. The van der Waals surface area contributed by atoms with Crippen LogP contribution in [0.5, 0.6) is 11.5 Å². The molecule has 5 heteroatoms. The molecule has 4 nitrogen and oxygen atoms in total. The first-order valence-electron chi connectivity index (χ1n) is 14.1. The fourth-order valence-corrected chi connectivity index (χ4v) is 7.78. The number of halogens is 1. The Morgan fingerprint density at radius 2 is 1.82 bits per heavy atom. The average Bonchev–Trinajstić information content (AvgIpc) is 3.15. The number of carbonyl (C=O) groups is 1. The molecule has 4 atom stereocenters. The lowest BCUT2D eigenvalue weighted by Gasteiger charge is -2.30. The van der Waals surface area contributed by atoms with Crippen molar-refractivity contribution < 1.29 is 23.8 Å². The van der Waals surface area contributed by atoms with E-state index in [1.54, 1.807) is 19.2 Å². The minimum atomic E-state index is -0.698. The van der Waals surface area contributed by atoms with E-state index >= 15 is 4.39 Å². The summed E-state index contributed by atoms with van der Waals surface area (Å²) in [5.41, 5.74) is 5.95. The number of rotatable bonds is 7. The van der Waals surface area contributed by atoms with Gasteiger partial charge in [0.1, 0.15) is 23.9 Å². The first-order chi connectivity index (χ1) is 18.7. The van der Waals surface area contributed by atoms with E-state index in [-0.39, 0.29) is 28.5 Å². The number of aryl methyl sites for hydroxylation is 1. The Labute approximate surface area is 230 Å². The van der Waals surface area contributed by atoms with E-state index in [9.17, 15) is 9.90 Å². The van der Waals surface area contributed by atoms with E-state index in [2.05, 4.69) is 39.0 Å². The van der Waals surface area contributed by atoms with Crippen molar-refractivity contribution in [1.29, 1.82) is 0 Å². The highest BCUT2D eigenvalue weighted by Crippen LogP contribution is 2.66. The van der Waals surface area contributed by atoms with E-state index in [0.717, 1.165) is 60.1 Å². The minimum absolute atomic E-state index is 0.125. The van der Waals surface area contributed by atoms with Gasteiger partial charge >= 0.3 is 5.97 Å². The van der Waals surface area contributed by atoms with Crippen molar-refractivity contribution in [3.63, 3.8) is 0 Å². The summed E-state index contributed by atoms with van der Waals surface area (Å²) in [4.78, 5) is 11.9. The molecule has 2 fully saturated rings. The van der Waals surface area contributed by atoms with Crippen LogP contribution in [0.1, 0.15) is 74.6 Å². The van der Waals surface area contributed by atoms with E-state index in [0.29, 0.717) is 23.8 Å². The summed E-state index contributed by atoms with van der Waals surface area (Å²) < 4.78 is 26.8. The summed E-state index contributed by atoms with van der Waals surface area (Å²) in [5.74, 6) is 0.616. The molecule has 3 aliphatic carbocycles. The Kier molecular flexibility index (Phi) is 6.24. The molecule has 0 heterocycles. The smallest absolute Gasteiger partial charge is 0.307 e. The second-order valence-corrected chi connectivity index (χ2v) is 12.5. The van der Waals surface area contributed by atoms with Gasteiger partial charge in [-0.1, -0.05) is 51.5 Å². The number of hydrogen-bond donors (Lipinski definition) is 1. The Balaban J connectivity index is 1.31. The van der Waals surface area contributed by atoms with E-state index < -0.39 is 5.97 Å². The normalized spacial score (nSPS) is 26.4. The predicted molar refractivity (Wildman–Crippen MR) is 150 cm³/mol. The molecule has 0 aliphatic heterocycles. The summed E-state index contributed by atoms with van der Waals surface area (Å²) in [7, 11) is 1.60. The van der Waals surface area contributed by atoms with Crippen LogP contribution in [0.2, 0.25) is 0 Å². The fraction of sp³-hybridized carbons (Fsp3) is 0.441. The fourth-order valence-electron chi connectivity index (χ4n) is 7.78. The van der Waals surface area contributed by atoms with Crippen LogP contribution in [0.3, 0.4) is 0 Å². The van der Waals surface area contributed by atoms with Gasteiger partial charge in [-0.2, -0.15) is 0 Å². The molecule has 6 rings (SSSR count). The van der Waals surface area contributed by atoms with Crippen molar-refractivity contribution in [3.05, 3.63) is 82.7 Å². The number of carboxylic acids is 1. The molecule has 0 saturated heterocycles. The summed E-state index contributed by atoms with van der Waals surface area (Å²) >= 11 is 0. The topological polar surface area (TPSA) is 55.8 Å². The molecule has 0 unspecified atom stereocenters. The van der Waals surface area contributed by atoms with Crippen LogP contribution in [-0.4, -0.2) is 18.2 Å². The Bertz CT molecular complexity index is 1440. The van der Waals surface area contributed by atoms with Crippen LogP contribution >= 0.6 is 0 Å². The summed E-state index contributed by atoms with van der Waals surface area (Å²) in [6.45, 7) is 7.07. The maximum Gasteiger partial charge on any atom is 0.307 e. The van der Waals surface area contributed by atoms with Gasteiger partial charge in [-0.05, 0) is 101 Å². The second kappa shape index (κ2) is 9.39. The number of hydrogen-bond acceptors (Lipinski definition) is 3. The van der Waals surface area contributed by atoms with Gasteiger partial charge in [-0.25, -0.2) is 4.39 Å². The van der Waals surface area contributed by atoms with E-state index in [1.165, 1.54) is 11.6 Å². The molecule has 3 aromatic carbocycles. The maximum atomic E-state index is 15.1. The van der Waals surface area contributed by atoms with Crippen molar-refractivity contribution in [2.45, 2.75) is 70.8 Å². The molecule has 1 N–H and O–H groups in total. The molecule has 204 valence electrons. The number of fused-ring (bicyclic) bond motifs is 2. The highest BCUT2D eigenvalue weighted by Gasteiger charge is 2.68. The van der Waals surface area contributed by atoms with Crippen LogP contribution in [-0.2, 0) is 23.2 Å². The molecule has 0 amide bonds. The van der Waals surface area contributed by atoms with E-state index in [4.69, 9.17) is 9.47 Å². The minimum Gasteiger partial charge on any atom is -0.497 e. The van der Waals surface area contributed by atoms with Gasteiger partial charge in [0.2, 0.25) is 0 Å². The molecule has 1 spiro atoms. The zero-order valence-corrected chi connectivity index (χ0v) is 23.2. The third-order valence-corrected chi connectivity index (χ3v) is 10.0. The van der Waals surface area contributed by atoms with Crippen LogP contribution in [0, 0.1) is 23.1 Å². The van der Waals surface area contributed by atoms with E-state index in [1.807, 2.05) is 18.2 Å². The van der Waals surface area contributed by atoms with Gasteiger partial charge in [0.25, 0.3) is 0 Å². The first kappa shape index (κ1) is 25.9. The molecule has 3 aliphatic rings. The molecule has 2 saturated carbocycles. The van der Waals surface area contributed by atoms with Gasteiger partial charge in [0.05, 0.1) is 13.0 Å². The summed E-state index contributed by atoms with van der Waals surface area (Å²) in [6, 6.07) is 17.3. The van der Waals surface area contributed by atoms with Crippen LogP contribution in [0.4, 0.5) is 4.39 Å². The molecule has 0 aromatic heterocycles. The molecule has 3 aromatic rings. The Morgan fingerprint density at radius 1 is 1.03 bits per heavy atom. The highest BCUT2D eigenvalue weighted by atomic mass is 19.1. The van der Waals surface area contributed by atoms with Gasteiger partial charge < -0.3 is 14.6 Å². The number of aliphatic carboxylic acids is 1. The quantitative estimate of drug-likeness (QED) is 0.339. The number of methoxy groups -OCH3 is 1. The number of carboxylic acid groups (broad SMARTS) is 1. The zero-order valence-electron chi connectivity index (χ0n) is 23.2.